The zero-order valence-corrected chi connectivity index (χ0v) is 17.2. The predicted molar refractivity (Wildman–Crippen MR) is 113 cm³/mol. The van der Waals surface area contributed by atoms with E-state index in [1.807, 2.05) is 45.0 Å². The van der Waals surface area contributed by atoms with Gasteiger partial charge in [-0.15, -0.1) is 11.8 Å². The molecule has 2 aromatic carbocycles. The molecule has 0 spiro atoms. The smallest absolute Gasteiger partial charge is 0.272 e. The van der Waals surface area contributed by atoms with Gasteiger partial charge in [0.1, 0.15) is 11.5 Å². The van der Waals surface area contributed by atoms with Gasteiger partial charge >= 0.3 is 0 Å². The lowest BCUT2D eigenvalue weighted by Crippen LogP contribution is -2.31. The zero-order chi connectivity index (χ0) is 20.3. The maximum absolute atomic E-state index is 13.2. The van der Waals surface area contributed by atoms with Crippen LogP contribution in [0.25, 0.3) is 5.57 Å². The maximum atomic E-state index is 13.2. The Labute approximate surface area is 169 Å². The fourth-order valence-corrected chi connectivity index (χ4v) is 3.83. The zero-order valence-electron chi connectivity index (χ0n) is 16.4. The van der Waals surface area contributed by atoms with Gasteiger partial charge in [0.15, 0.2) is 0 Å². The SMILES string of the molecule is CCSC1=C(c2ccc(OC(C)C)cc2)C(=O)N(c2ccc(OC)cc2)C1=O. The van der Waals surface area contributed by atoms with E-state index < -0.39 is 0 Å². The van der Waals surface area contributed by atoms with E-state index in [9.17, 15) is 9.59 Å². The normalized spacial score (nSPS) is 14.2. The van der Waals surface area contributed by atoms with Crippen LogP contribution >= 0.6 is 11.8 Å². The standard InChI is InChI=1S/C22H23NO4S/c1-5-28-20-19(15-6-10-18(11-7-15)27-14(2)3)21(24)23(22(20)25)16-8-12-17(26-4)13-9-16/h6-14H,5H2,1-4H3. The molecule has 28 heavy (non-hydrogen) atoms. The third kappa shape index (κ3) is 3.92. The molecule has 5 nitrogen and oxygen atoms in total. The van der Waals surface area contributed by atoms with Crippen LogP contribution in [0.15, 0.2) is 53.4 Å². The Hall–Kier alpha value is -2.73. The largest absolute Gasteiger partial charge is 0.497 e. The second-order valence-electron chi connectivity index (χ2n) is 6.47. The predicted octanol–water partition coefficient (Wildman–Crippen LogP) is 4.52. The fraction of sp³-hybridized carbons (Fsp3) is 0.273. The van der Waals surface area contributed by atoms with Crippen molar-refractivity contribution in [3.63, 3.8) is 0 Å². The highest BCUT2D eigenvalue weighted by molar-refractivity contribution is 8.04. The molecular formula is C22H23NO4S. The number of amides is 2. The average molecular weight is 397 g/mol. The first-order valence-corrected chi connectivity index (χ1v) is 10.1. The summed E-state index contributed by atoms with van der Waals surface area (Å²) in [5.41, 5.74) is 1.67. The summed E-state index contributed by atoms with van der Waals surface area (Å²) >= 11 is 1.39. The van der Waals surface area contributed by atoms with Crippen molar-refractivity contribution in [1.82, 2.24) is 0 Å². The van der Waals surface area contributed by atoms with E-state index in [1.165, 1.54) is 16.7 Å². The molecule has 146 valence electrons. The molecule has 0 radical (unpaired) electrons. The number of benzene rings is 2. The molecule has 1 aliphatic heterocycles. The van der Waals surface area contributed by atoms with Crippen molar-refractivity contribution in [2.24, 2.45) is 0 Å². The molecule has 0 aromatic heterocycles. The summed E-state index contributed by atoms with van der Waals surface area (Å²) in [6.45, 7) is 5.87. The van der Waals surface area contributed by atoms with Crippen molar-refractivity contribution in [3.05, 3.63) is 59.0 Å². The van der Waals surface area contributed by atoms with Crippen LogP contribution in [-0.4, -0.2) is 30.8 Å². The molecule has 0 fully saturated rings. The van der Waals surface area contributed by atoms with Crippen LogP contribution in [0.5, 0.6) is 11.5 Å². The topological polar surface area (TPSA) is 55.8 Å². The number of rotatable bonds is 7. The molecule has 0 atom stereocenters. The molecule has 0 N–H and O–H groups in total. The third-order valence-corrected chi connectivity index (χ3v) is 5.13. The van der Waals surface area contributed by atoms with E-state index in [2.05, 4.69) is 0 Å². The highest BCUT2D eigenvalue weighted by atomic mass is 32.2. The second-order valence-corrected chi connectivity index (χ2v) is 7.75. The number of methoxy groups -OCH3 is 1. The van der Waals surface area contributed by atoms with Gasteiger partial charge in [-0.1, -0.05) is 19.1 Å². The molecular weight excluding hydrogens is 374 g/mol. The number of thioether (sulfide) groups is 1. The van der Waals surface area contributed by atoms with Crippen LogP contribution in [-0.2, 0) is 9.59 Å². The Morgan fingerprint density at radius 1 is 0.929 bits per heavy atom. The van der Waals surface area contributed by atoms with Gasteiger partial charge < -0.3 is 9.47 Å². The van der Waals surface area contributed by atoms with Gasteiger partial charge in [-0.3, -0.25) is 9.59 Å². The number of anilines is 1. The molecule has 0 saturated heterocycles. The summed E-state index contributed by atoms with van der Waals surface area (Å²) in [5, 5.41) is 0. The number of hydrogen-bond acceptors (Lipinski definition) is 5. The van der Waals surface area contributed by atoms with Gasteiger partial charge in [0.05, 0.1) is 29.4 Å². The summed E-state index contributed by atoms with van der Waals surface area (Å²) in [5.74, 6) is 1.49. The molecule has 2 amide bonds. The minimum Gasteiger partial charge on any atom is -0.497 e. The van der Waals surface area contributed by atoms with E-state index in [0.717, 1.165) is 5.75 Å². The minimum absolute atomic E-state index is 0.0662. The summed E-state index contributed by atoms with van der Waals surface area (Å²) in [6.07, 6.45) is 0.0662. The molecule has 1 aliphatic rings. The number of hydrogen-bond donors (Lipinski definition) is 0. The van der Waals surface area contributed by atoms with Gasteiger partial charge in [0.25, 0.3) is 11.8 Å². The van der Waals surface area contributed by atoms with Crippen molar-refractivity contribution >= 4 is 34.8 Å². The molecule has 0 aliphatic carbocycles. The van der Waals surface area contributed by atoms with Crippen molar-refractivity contribution in [3.8, 4) is 11.5 Å². The number of ether oxygens (including phenoxy) is 2. The first-order chi connectivity index (χ1) is 13.5. The van der Waals surface area contributed by atoms with Gasteiger partial charge in [-0.2, -0.15) is 0 Å². The number of imide groups is 1. The molecule has 0 saturated carbocycles. The Morgan fingerprint density at radius 3 is 2.07 bits per heavy atom. The van der Waals surface area contributed by atoms with E-state index in [-0.39, 0.29) is 17.9 Å². The van der Waals surface area contributed by atoms with E-state index >= 15 is 0 Å². The van der Waals surface area contributed by atoms with Crippen LogP contribution in [0.3, 0.4) is 0 Å². The quantitative estimate of drug-likeness (QED) is 0.643. The molecule has 2 aromatic rings. The lowest BCUT2D eigenvalue weighted by Gasteiger charge is -2.15. The number of nitrogens with zero attached hydrogens (tertiary/aromatic N) is 1. The van der Waals surface area contributed by atoms with E-state index in [1.54, 1.807) is 31.4 Å². The van der Waals surface area contributed by atoms with E-state index in [0.29, 0.717) is 33.2 Å². The van der Waals surface area contributed by atoms with Gasteiger partial charge in [0.2, 0.25) is 0 Å². The van der Waals surface area contributed by atoms with Crippen molar-refractivity contribution in [1.29, 1.82) is 0 Å². The van der Waals surface area contributed by atoms with Crippen LogP contribution < -0.4 is 14.4 Å². The second kappa shape index (κ2) is 8.52. The molecule has 6 heteroatoms. The van der Waals surface area contributed by atoms with Gasteiger partial charge in [0, 0.05) is 0 Å². The number of carbonyl (C=O) groups excluding carboxylic acids is 2. The Morgan fingerprint density at radius 2 is 1.54 bits per heavy atom. The molecule has 1 heterocycles. The first-order valence-electron chi connectivity index (χ1n) is 9.13. The lowest BCUT2D eigenvalue weighted by molar-refractivity contribution is -0.119. The summed E-state index contributed by atoms with van der Waals surface area (Å²) in [7, 11) is 1.57. The summed E-state index contributed by atoms with van der Waals surface area (Å²) < 4.78 is 10.8. The first kappa shape index (κ1) is 20.0. The Bertz CT molecular complexity index is 901. The van der Waals surface area contributed by atoms with Crippen LogP contribution in [0, 0.1) is 0 Å². The highest BCUT2D eigenvalue weighted by Crippen LogP contribution is 2.39. The summed E-state index contributed by atoms with van der Waals surface area (Å²) in [6, 6.07) is 14.2. The van der Waals surface area contributed by atoms with Crippen molar-refractivity contribution < 1.29 is 19.1 Å². The molecule has 0 unspecified atom stereocenters. The van der Waals surface area contributed by atoms with Gasteiger partial charge in [-0.25, -0.2) is 4.90 Å². The monoisotopic (exact) mass is 397 g/mol. The fourth-order valence-electron chi connectivity index (χ4n) is 2.98. The van der Waals surface area contributed by atoms with E-state index in [4.69, 9.17) is 9.47 Å². The van der Waals surface area contributed by atoms with Crippen LogP contribution in [0.1, 0.15) is 26.3 Å². The third-order valence-electron chi connectivity index (χ3n) is 4.18. The van der Waals surface area contributed by atoms with Crippen LogP contribution in [0.2, 0.25) is 0 Å². The van der Waals surface area contributed by atoms with Gasteiger partial charge in [-0.05, 0) is 61.6 Å². The van der Waals surface area contributed by atoms with Crippen molar-refractivity contribution in [2.75, 3.05) is 17.8 Å². The number of carbonyl (C=O) groups is 2. The highest BCUT2D eigenvalue weighted by Gasteiger charge is 2.39. The van der Waals surface area contributed by atoms with Crippen LogP contribution in [0.4, 0.5) is 5.69 Å². The average Bonchev–Trinajstić information content (AvgIpc) is 2.92. The molecule has 0 bridgehead atoms. The summed E-state index contributed by atoms with van der Waals surface area (Å²) in [4.78, 5) is 27.9. The Kier molecular flexibility index (Phi) is 6.09. The lowest BCUT2D eigenvalue weighted by atomic mass is 10.1. The minimum atomic E-state index is -0.316. The molecule has 3 rings (SSSR count). The maximum Gasteiger partial charge on any atom is 0.272 e. The Balaban J connectivity index is 1.97. The van der Waals surface area contributed by atoms with Crippen molar-refractivity contribution in [2.45, 2.75) is 26.9 Å².